The number of amides is 1. The third-order valence-corrected chi connectivity index (χ3v) is 5.76. The first-order chi connectivity index (χ1) is 15.6. The minimum absolute atomic E-state index is 0. The van der Waals surface area contributed by atoms with E-state index in [0.29, 0.717) is 0 Å². The van der Waals surface area contributed by atoms with Gasteiger partial charge in [-0.3, -0.25) is 4.79 Å². The van der Waals surface area contributed by atoms with Gasteiger partial charge in [-0.05, 0) is 52.0 Å². The quantitative estimate of drug-likeness (QED) is 0.446. The third kappa shape index (κ3) is 6.32. The van der Waals surface area contributed by atoms with Gasteiger partial charge in [0.05, 0.1) is 28.8 Å². The summed E-state index contributed by atoms with van der Waals surface area (Å²) in [7, 11) is 1.97. The van der Waals surface area contributed by atoms with Gasteiger partial charge in [-0.15, -0.1) is 0 Å². The van der Waals surface area contributed by atoms with Crippen molar-refractivity contribution < 1.29 is 51.1 Å². The second-order valence-electron chi connectivity index (χ2n) is 8.13. The largest absolute Gasteiger partial charge is 1.00 e. The number of piperidine rings is 1. The van der Waals surface area contributed by atoms with Gasteiger partial charge in [-0.2, -0.15) is 0 Å². The molecule has 0 spiro atoms. The smallest absolute Gasteiger partial charge is 0.545 e. The SMILES string of the molecule is C[C@@H](NC(=O)c1cc(C(=O)[O-])c(F)cc1NC1CCN(C)CC1)c1cccc(C(F)F)c1F.[Li+]. The number of hydrogen-bond donors (Lipinski definition) is 2. The summed E-state index contributed by atoms with van der Waals surface area (Å²) < 4.78 is 54.9. The van der Waals surface area contributed by atoms with E-state index in [0.717, 1.165) is 44.1 Å². The Labute approximate surface area is 206 Å². The monoisotopic (exact) mass is 473 g/mol. The summed E-state index contributed by atoms with van der Waals surface area (Å²) in [5, 5.41) is 16.9. The molecule has 0 aliphatic carbocycles. The molecule has 2 N–H and O–H groups in total. The Morgan fingerprint density at radius 2 is 1.71 bits per heavy atom. The van der Waals surface area contributed by atoms with Crippen molar-refractivity contribution in [1.82, 2.24) is 10.2 Å². The van der Waals surface area contributed by atoms with E-state index < -0.39 is 47.1 Å². The number of carboxylic acids is 1. The molecule has 3 rings (SSSR count). The fourth-order valence-corrected chi connectivity index (χ4v) is 3.83. The Hall–Kier alpha value is -2.54. The number of carboxylic acid groups (broad SMARTS) is 1. The first kappa shape index (κ1) is 27.7. The maximum absolute atomic E-state index is 14.5. The molecule has 6 nitrogen and oxygen atoms in total. The van der Waals surface area contributed by atoms with Crippen LogP contribution in [0.4, 0.5) is 23.2 Å². The molecule has 0 aromatic heterocycles. The Morgan fingerprint density at radius 3 is 2.29 bits per heavy atom. The van der Waals surface area contributed by atoms with Crippen LogP contribution >= 0.6 is 0 Å². The number of halogens is 4. The van der Waals surface area contributed by atoms with Crippen molar-refractivity contribution in [2.24, 2.45) is 0 Å². The summed E-state index contributed by atoms with van der Waals surface area (Å²) in [6, 6.07) is 4.15. The van der Waals surface area contributed by atoms with Crippen molar-refractivity contribution in [3.05, 3.63) is 64.2 Å². The molecule has 0 unspecified atom stereocenters. The van der Waals surface area contributed by atoms with Gasteiger partial charge in [-0.25, -0.2) is 17.6 Å². The van der Waals surface area contributed by atoms with E-state index in [-0.39, 0.29) is 41.7 Å². The number of rotatable bonds is 7. The second-order valence-corrected chi connectivity index (χ2v) is 8.13. The minimum Gasteiger partial charge on any atom is -0.545 e. The van der Waals surface area contributed by atoms with Crippen molar-refractivity contribution in [2.45, 2.75) is 38.3 Å². The summed E-state index contributed by atoms with van der Waals surface area (Å²) in [6.07, 6.45) is -1.58. The van der Waals surface area contributed by atoms with E-state index in [1.54, 1.807) is 0 Å². The van der Waals surface area contributed by atoms with Crippen LogP contribution < -0.4 is 34.6 Å². The third-order valence-electron chi connectivity index (χ3n) is 5.76. The molecule has 0 saturated carbocycles. The molecule has 11 heteroatoms. The van der Waals surface area contributed by atoms with Crippen LogP contribution in [-0.4, -0.2) is 43.0 Å². The molecule has 34 heavy (non-hydrogen) atoms. The number of carbonyl (C=O) groups excluding carboxylic acids is 2. The first-order valence-electron chi connectivity index (χ1n) is 10.5. The van der Waals surface area contributed by atoms with Crippen LogP contribution in [0.2, 0.25) is 0 Å². The molecule has 0 bridgehead atoms. The maximum Gasteiger partial charge on any atom is 1.00 e. The van der Waals surface area contributed by atoms with Gasteiger partial charge in [-0.1, -0.05) is 18.2 Å². The standard InChI is InChI=1S/C23H25F4N3O3.Li/c1-12(14-4-3-5-15(20(14)25)21(26)27)28-22(31)17-10-16(23(32)33)18(24)11-19(17)29-13-6-8-30(2)9-7-13;/h3-5,10-13,21,29H,6-9H2,1-2H3,(H,28,31)(H,32,33);/q;+1/p-1/t12-;/m1./s1. The molecule has 1 amide bonds. The Balaban J connectivity index is 0.00000408. The summed E-state index contributed by atoms with van der Waals surface area (Å²) >= 11 is 0. The average molecular weight is 473 g/mol. The summed E-state index contributed by atoms with van der Waals surface area (Å²) in [4.78, 5) is 26.4. The zero-order valence-electron chi connectivity index (χ0n) is 19.1. The molecule has 0 radical (unpaired) electrons. The molecule has 2 aromatic rings. The molecule has 1 saturated heterocycles. The van der Waals surface area contributed by atoms with Crippen LogP contribution in [0.3, 0.4) is 0 Å². The Kier molecular flexibility index (Phi) is 9.56. The molecular weight excluding hydrogens is 449 g/mol. The van der Waals surface area contributed by atoms with Crippen LogP contribution in [0.1, 0.15) is 64.1 Å². The van der Waals surface area contributed by atoms with E-state index >= 15 is 0 Å². The van der Waals surface area contributed by atoms with Gasteiger partial charge in [0.2, 0.25) is 0 Å². The van der Waals surface area contributed by atoms with Gasteiger partial charge in [0.25, 0.3) is 12.3 Å². The van der Waals surface area contributed by atoms with Gasteiger partial charge in [0.1, 0.15) is 11.6 Å². The molecule has 1 heterocycles. The predicted molar refractivity (Wildman–Crippen MR) is 112 cm³/mol. The second kappa shape index (κ2) is 11.7. The zero-order chi connectivity index (χ0) is 24.3. The first-order valence-corrected chi connectivity index (χ1v) is 10.5. The average Bonchev–Trinajstić information content (AvgIpc) is 2.75. The number of anilines is 1. The normalized spacial score (nSPS) is 15.5. The van der Waals surface area contributed by atoms with E-state index in [1.165, 1.54) is 19.1 Å². The van der Waals surface area contributed by atoms with Gasteiger partial charge in [0.15, 0.2) is 0 Å². The molecule has 1 aliphatic heterocycles. The molecule has 1 fully saturated rings. The summed E-state index contributed by atoms with van der Waals surface area (Å²) in [5.41, 5.74) is -1.84. The van der Waals surface area contributed by atoms with Crippen molar-refractivity contribution >= 4 is 17.6 Å². The van der Waals surface area contributed by atoms with E-state index in [4.69, 9.17) is 0 Å². The molecule has 1 aliphatic rings. The number of nitrogens with zero attached hydrogens (tertiary/aromatic N) is 1. The summed E-state index contributed by atoms with van der Waals surface area (Å²) in [6.45, 7) is 2.98. The number of aromatic carboxylic acids is 1. The summed E-state index contributed by atoms with van der Waals surface area (Å²) in [5.74, 6) is -4.82. The van der Waals surface area contributed by atoms with Crippen LogP contribution in [0, 0.1) is 11.6 Å². The van der Waals surface area contributed by atoms with Crippen molar-refractivity contribution in [2.75, 3.05) is 25.5 Å². The Bertz CT molecular complexity index is 1050. The molecular formula is C23H24F4LiN3O3. The number of benzene rings is 2. The van der Waals surface area contributed by atoms with E-state index in [1.807, 2.05) is 7.05 Å². The maximum atomic E-state index is 14.5. The molecule has 2 aromatic carbocycles. The fraction of sp³-hybridized carbons (Fsp3) is 0.391. The minimum atomic E-state index is -3.03. The van der Waals surface area contributed by atoms with Gasteiger partial charge in [0, 0.05) is 17.2 Å². The fourth-order valence-electron chi connectivity index (χ4n) is 3.83. The number of alkyl halides is 2. The number of carbonyl (C=O) groups is 2. The van der Waals surface area contributed by atoms with Gasteiger partial charge >= 0.3 is 18.9 Å². The molecule has 178 valence electrons. The van der Waals surface area contributed by atoms with Crippen molar-refractivity contribution in [1.29, 1.82) is 0 Å². The predicted octanol–water partition coefficient (Wildman–Crippen LogP) is 0.267. The number of nitrogens with one attached hydrogen (secondary N) is 2. The van der Waals surface area contributed by atoms with Gasteiger partial charge < -0.3 is 25.4 Å². The van der Waals surface area contributed by atoms with E-state index in [2.05, 4.69) is 15.5 Å². The number of hydrogen-bond acceptors (Lipinski definition) is 5. The Morgan fingerprint density at radius 1 is 1.09 bits per heavy atom. The van der Waals surface area contributed by atoms with Crippen molar-refractivity contribution in [3.63, 3.8) is 0 Å². The zero-order valence-corrected chi connectivity index (χ0v) is 19.1. The van der Waals surface area contributed by atoms with Crippen LogP contribution in [-0.2, 0) is 0 Å². The van der Waals surface area contributed by atoms with Crippen LogP contribution in [0.25, 0.3) is 0 Å². The molecule has 1 atom stereocenters. The van der Waals surface area contributed by atoms with Crippen LogP contribution in [0.5, 0.6) is 0 Å². The van der Waals surface area contributed by atoms with Crippen molar-refractivity contribution in [3.8, 4) is 0 Å². The van der Waals surface area contributed by atoms with Crippen LogP contribution in [0.15, 0.2) is 30.3 Å². The van der Waals surface area contributed by atoms with E-state index in [9.17, 15) is 32.3 Å². The topological polar surface area (TPSA) is 84.5 Å². The number of likely N-dealkylation sites (tertiary alicyclic amines) is 1.